The Labute approximate surface area is 135 Å². The van der Waals surface area contributed by atoms with Crippen LogP contribution in [0, 0.1) is 0 Å². The van der Waals surface area contributed by atoms with Crippen molar-refractivity contribution < 1.29 is 4.74 Å². The number of benzene rings is 1. The summed E-state index contributed by atoms with van der Waals surface area (Å²) in [5, 5.41) is 0.745. The summed E-state index contributed by atoms with van der Waals surface area (Å²) in [5.74, 6) is 1.62. The van der Waals surface area contributed by atoms with E-state index >= 15 is 0 Å². The van der Waals surface area contributed by atoms with E-state index in [0.29, 0.717) is 12.0 Å². The number of halogens is 2. The minimum absolute atomic E-state index is 0.374. The molecule has 0 radical (unpaired) electrons. The normalized spacial score (nSPS) is 19.2. The molecular weight excluding hydrogens is 307 g/mol. The van der Waals surface area contributed by atoms with Crippen molar-refractivity contribution in [2.45, 2.75) is 44.8 Å². The minimum Gasteiger partial charge on any atom is -0.378 e. The topological polar surface area (TPSA) is 27.1 Å². The van der Waals surface area contributed by atoms with Crippen LogP contribution in [-0.2, 0) is 17.7 Å². The zero-order valence-corrected chi connectivity index (χ0v) is 13.5. The van der Waals surface area contributed by atoms with Gasteiger partial charge in [-0.15, -0.1) is 11.6 Å². The van der Waals surface area contributed by atoms with E-state index in [1.807, 2.05) is 18.2 Å². The van der Waals surface area contributed by atoms with Gasteiger partial charge in [0.15, 0.2) is 0 Å². The van der Waals surface area contributed by atoms with E-state index in [2.05, 4.69) is 9.55 Å². The van der Waals surface area contributed by atoms with E-state index in [-0.39, 0.29) is 0 Å². The third-order valence-electron chi connectivity index (χ3n) is 4.06. The van der Waals surface area contributed by atoms with E-state index in [1.165, 1.54) is 12.8 Å². The molecule has 114 valence electrons. The molecule has 0 amide bonds. The Morgan fingerprint density at radius 2 is 2.24 bits per heavy atom. The van der Waals surface area contributed by atoms with Gasteiger partial charge in [0.1, 0.15) is 5.82 Å². The number of aromatic nitrogens is 2. The van der Waals surface area contributed by atoms with Crippen molar-refractivity contribution in [3.8, 4) is 0 Å². The second-order valence-electron chi connectivity index (χ2n) is 5.53. The Morgan fingerprint density at radius 3 is 3.00 bits per heavy atom. The number of nitrogens with zero attached hydrogens (tertiary/aromatic N) is 2. The van der Waals surface area contributed by atoms with Crippen LogP contribution in [0.25, 0.3) is 11.0 Å². The van der Waals surface area contributed by atoms with Gasteiger partial charge < -0.3 is 9.30 Å². The molecule has 2 heterocycles. The molecule has 21 heavy (non-hydrogen) atoms. The second-order valence-corrected chi connectivity index (χ2v) is 6.34. The smallest absolute Gasteiger partial charge is 0.111 e. The van der Waals surface area contributed by atoms with Crippen molar-refractivity contribution in [1.82, 2.24) is 9.55 Å². The molecule has 0 spiro atoms. The van der Waals surface area contributed by atoms with Crippen molar-refractivity contribution in [3.63, 3.8) is 0 Å². The Balaban J connectivity index is 1.83. The predicted octanol–water partition coefficient (Wildman–Crippen LogP) is 4.43. The van der Waals surface area contributed by atoms with Gasteiger partial charge >= 0.3 is 0 Å². The highest BCUT2D eigenvalue weighted by molar-refractivity contribution is 6.31. The fourth-order valence-electron chi connectivity index (χ4n) is 2.98. The second kappa shape index (κ2) is 6.99. The number of imidazole rings is 1. The van der Waals surface area contributed by atoms with E-state index in [9.17, 15) is 0 Å². The van der Waals surface area contributed by atoms with Crippen LogP contribution >= 0.6 is 23.2 Å². The molecule has 2 aromatic rings. The molecule has 3 nitrogen and oxygen atoms in total. The molecule has 0 saturated carbocycles. The molecule has 1 atom stereocenters. The largest absolute Gasteiger partial charge is 0.378 e. The zero-order valence-electron chi connectivity index (χ0n) is 12.0. The molecule has 0 N–H and O–H groups in total. The SMILES string of the molecule is ClCCc1nc2ccc(Cl)cc2n1CCC1CCCCO1. The molecule has 0 bridgehead atoms. The Morgan fingerprint density at radius 1 is 1.33 bits per heavy atom. The van der Waals surface area contributed by atoms with Gasteiger partial charge in [0.2, 0.25) is 0 Å². The summed E-state index contributed by atoms with van der Waals surface area (Å²) in [4.78, 5) is 4.69. The highest BCUT2D eigenvalue weighted by atomic mass is 35.5. The van der Waals surface area contributed by atoms with Crippen LogP contribution in [0.2, 0.25) is 5.02 Å². The molecule has 3 rings (SSSR count). The lowest BCUT2D eigenvalue weighted by Gasteiger charge is -2.23. The quantitative estimate of drug-likeness (QED) is 0.760. The Bertz CT molecular complexity index is 606. The van der Waals surface area contributed by atoms with Crippen LogP contribution < -0.4 is 0 Å². The van der Waals surface area contributed by atoms with Gasteiger partial charge in [-0.1, -0.05) is 11.6 Å². The number of hydrogen-bond donors (Lipinski definition) is 0. The van der Waals surface area contributed by atoms with E-state index in [4.69, 9.17) is 27.9 Å². The van der Waals surface area contributed by atoms with Crippen molar-refractivity contribution in [1.29, 1.82) is 0 Å². The predicted molar refractivity (Wildman–Crippen MR) is 87.4 cm³/mol. The number of hydrogen-bond acceptors (Lipinski definition) is 2. The first-order chi connectivity index (χ1) is 10.3. The third-order valence-corrected chi connectivity index (χ3v) is 4.48. The summed E-state index contributed by atoms with van der Waals surface area (Å²) < 4.78 is 8.08. The monoisotopic (exact) mass is 326 g/mol. The molecule has 1 fully saturated rings. The van der Waals surface area contributed by atoms with Crippen molar-refractivity contribution >= 4 is 34.2 Å². The maximum Gasteiger partial charge on any atom is 0.111 e. The fourth-order valence-corrected chi connectivity index (χ4v) is 3.31. The van der Waals surface area contributed by atoms with Crippen LogP contribution in [0.1, 0.15) is 31.5 Å². The summed E-state index contributed by atoms with van der Waals surface area (Å²) in [7, 11) is 0. The van der Waals surface area contributed by atoms with Gasteiger partial charge in [-0.3, -0.25) is 0 Å². The number of alkyl halides is 1. The number of rotatable bonds is 5. The summed E-state index contributed by atoms with van der Waals surface area (Å²) in [6, 6.07) is 5.85. The lowest BCUT2D eigenvalue weighted by atomic mass is 10.1. The van der Waals surface area contributed by atoms with Gasteiger partial charge in [0.05, 0.1) is 17.1 Å². The average molecular weight is 327 g/mol. The van der Waals surface area contributed by atoms with Gasteiger partial charge in [0, 0.05) is 30.5 Å². The minimum atomic E-state index is 0.374. The summed E-state index contributed by atoms with van der Waals surface area (Å²) in [6.07, 6.45) is 5.80. The van der Waals surface area contributed by atoms with Gasteiger partial charge in [0.25, 0.3) is 0 Å². The first kappa shape index (κ1) is 15.1. The summed E-state index contributed by atoms with van der Waals surface area (Å²) in [5.41, 5.74) is 2.09. The van der Waals surface area contributed by atoms with Crippen LogP contribution in [0.5, 0.6) is 0 Å². The summed E-state index contributed by atoms with van der Waals surface area (Å²) in [6.45, 7) is 1.81. The maximum atomic E-state index is 6.13. The molecule has 1 aliphatic rings. The van der Waals surface area contributed by atoms with Crippen molar-refractivity contribution in [2.24, 2.45) is 0 Å². The highest BCUT2D eigenvalue weighted by Crippen LogP contribution is 2.23. The zero-order chi connectivity index (χ0) is 14.7. The van der Waals surface area contributed by atoms with E-state index in [0.717, 1.165) is 54.3 Å². The number of ether oxygens (including phenoxy) is 1. The summed E-state index contributed by atoms with van der Waals surface area (Å²) >= 11 is 12.0. The average Bonchev–Trinajstić information content (AvgIpc) is 2.83. The molecule has 1 aromatic carbocycles. The molecule has 1 saturated heterocycles. The highest BCUT2D eigenvalue weighted by Gasteiger charge is 2.16. The molecule has 1 aromatic heterocycles. The van der Waals surface area contributed by atoms with Crippen LogP contribution in [0.4, 0.5) is 0 Å². The van der Waals surface area contributed by atoms with E-state index < -0.39 is 0 Å². The van der Waals surface area contributed by atoms with Gasteiger partial charge in [-0.2, -0.15) is 0 Å². The number of aryl methyl sites for hydroxylation is 2. The Kier molecular flexibility index (Phi) is 5.04. The molecule has 1 aliphatic heterocycles. The van der Waals surface area contributed by atoms with Crippen molar-refractivity contribution in [3.05, 3.63) is 29.0 Å². The van der Waals surface area contributed by atoms with Crippen LogP contribution in [-0.4, -0.2) is 28.1 Å². The lowest BCUT2D eigenvalue weighted by Crippen LogP contribution is -2.21. The molecular formula is C16H20Cl2N2O. The number of fused-ring (bicyclic) bond motifs is 1. The first-order valence-corrected chi connectivity index (χ1v) is 8.51. The molecule has 0 aliphatic carbocycles. The fraction of sp³-hybridized carbons (Fsp3) is 0.562. The lowest BCUT2D eigenvalue weighted by molar-refractivity contribution is 0.00887. The van der Waals surface area contributed by atoms with Crippen LogP contribution in [0.15, 0.2) is 18.2 Å². The van der Waals surface area contributed by atoms with Gasteiger partial charge in [-0.25, -0.2) is 4.98 Å². The van der Waals surface area contributed by atoms with Crippen LogP contribution in [0.3, 0.4) is 0 Å². The van der Waals surface area contributed by atoms with Crippen molar-refractivity contribution in [2.75, 3.05) is 12.5 Å². The molecule has 5 heteroatoms. The maximum absolute atomic E-state index is 6.13. The standard InChI is InChI=1S/C16H20Cl2N2O/c17-8-6-16-19-14-5-4-12(18)11-15(14)20(16)9-7-13-3-1-2-10-21-13/h4-5,11,13H,1-3,6-10H2. The third kappa shape index (κ3) is 3.53. The Hall–Kier alpha value is -0.770. The van der Waals surface area contributed by atoms with E-state index in [1.54, 1.807) is 0 Å². The molecule has 1 unspecified atom stereocenters. The first-order valence-electron chi connectivity index (χ1n) is 7.60. The van der Waals surface area contributed by atoms with Gasteiger partial charge in [-0.05, 0) is 43.9 Å².